The monoisotopic (exact) mass is 347 g/mol. The third-order valence-corrected chi connectivity index (χ3v) is 3.25. The van der Waals surface area contributed by atoms with Gasteiger partial charge in [-0.2, -0.15) is 0 Å². The minimum absolute atomic E-state index is 0.0612. The first-order valence-corrected chi connectivity index (χ1v) is 7.20. The summed E-state index contributed by atoms with van der Waals surface area (Å²) in [6.07, 6.45) is 3.16. The summed E-state index contributed by atoms with van der Waals surface area (Å²) in [5, 5.41) is 9.90. The van der Waals surface area contributed by atoms with Gasteiger partial charge in [-0.05, 0) is 42.8 Å². The number of hydrogen-bond acceptors (Lipinski definition) is 4. The summed E-state index contributed by atoms with van der Waals surface area (Å²) in [5.74, 6) is -0.580. The molecule has 0 aliphatic rings. The van der Waals surface area contributed by atoms with Gasteiger partial charge in [0.25, 0.3) is 0 Å². The number of pyridine rings is 1. The van der Waals surface area contributed by atoms with Gasteiger partial charge in [-0.15, -0.1) is 0 Å². The predicted molar refractivity (Wildman–Crippen MR) is 84.5 cm³/mol. The van der Waals surface area contributed by atoms with Gasteiger partial charge in [0.15, 0.2) is 0 Å². The maximum atomic E-state index is 12.1. The van der Waals surface area contributed by atoms with Crippen LogP contribution < -0.4 is 0 Å². The highest BCUT2D eigenvalue weighted by atomic mass is 79.9. The fourth-order valence-corrected chi connectivity index (χ4v) is 2.03. The molecule has 1 N–H and O–H groups in total. The van der Waals surface area contributed by atoms with Crippen LogP contribution in [0.15, 0.2) is 47.1 Å². The summed E-state index contributed by atoms with van der Waals surface area (Å²) in [6, 6.07) is 10.5. The van der Waals surface area contributed by atoms with Gasteiger partial charge in [0.2, 0.25) is 0 Å². The van der Waals surface area contributed by atoms with E-state index in [-0.39, 0.29) is 23.6 Å². The molecule has 2 aromatic rings. The van der Waals surface area contributed by atoms with E-state index in [2.05, 4.69) is 20.9 Å². The number of carbonyl (C=O) groups is 1. The van der Waals surface area contributed by atoms with Crippen molar-refractivity contribution in [2.75, 3.05) is 6.61 Å². The van der Waals surface area contributed by atoms with Crippen molar-refractivity contribution in [3.8, 4) is 5.75 Å². The molecule has 4 nitrogen and oxygen atoms in total. The van der Waals surface area contributed by atoms with E-state index in [1.165, 1.54) is 12.3 Å². The van der Waals surface area contributed by atoms with E-state index in [1.807, 2.05) is 24.3 Å². The van der Waals surface area contributed by atoms with E-state index in [9.17, 15) is 9.90 Å². The molecule has 1 aromatic heterocycles. The van der Waals surface area contributed by atoms with Gasteiger partial charge < -0.3 is 9.84 Å². The number of rotatable bonds is 4. The van der Waals surface area contributed by atoms with Crippen molar-refractivity contribution in [3.63, 3.8) is 0 Å². The van der Waals surface area contributed by atoms with Crippen LogP contribution in [0.1, 0.15) is 18.2 Å². The number of hydrogen-bond donors (Lipinski definition) is 1. The lowest BCUT2D eigenvalue weighted by Gasteiger charge is -2.08. The number of ether oxygens (including phenoxy) is 1. The lowest BCUT2D eigenvalue weighted by atomic mass is 10.1. The normalized spacial score (nSPS) is 11.2. The van der Waals surface area contributed by atoms with Crippen molar-refractivity contribution in [1.29, 1.82) is 0 Å². The topological polar surface area (TPSA) is 59.4 Å². The Bertz CT molecular complexity index is 665. The molecule has 0 fully saturated rings. The predicted octanol–water partition coefficient (Wildman–Crippen LogP) is 3.65. The molecule has 21 heavy (non-hydrogen) atoms. The van der Waals surface area contributed by atoms with Gasteiger partial charge >= 0.3 is 5.97 Å². The number of esters is 1. The number of benzene rings is 1. The highest BCUT2D eigenvalue weighted by molar-refractivity contribution is 9.10. The van der Waals surface area contributed by atoms with Gasteiger partial charge in [-0.1, -0.05) is 28.1 Å². The molecule has 1 heterocycles. The van der Waals surface area contributed by atoms with Gasteiger partial charge in [0.1, 0.15) is 11.4 Å². The summed E-state index contributed by atoms with van der Waals surface area (Å²) in [6.45, 7) is 1.98. The zero-order valence-corrected chi connectivity index (χ0v) is 13.0. The average Bonchev–Trinajstić information content (AvgIpc) is 2.48. The molecular weight excluding hydrogens is 334 g/mol. The van der Waals surface area contributed by atoms with E-state index in [0.29, 0.717) is 0 Å². The minimum Gasteiger partial charge on any atom is -0.506 e. The average molecular weight is 348 g/mol. The summed E-state index contributed by atoms with van der Waals surface area (Å²) < 4.78 is 5.98. The molecule has 0 spiro atoms. The van der Waals surface area contributed by atoms with Crippen LogP contribution in [0.4, 0.5) is 0 Å². The van der Waals surface area contributed by atoms with Crippen LogP contribution in [0.2, 0.25) is 0 Å². The molecule has 0 aliphatic carbocycles. The minimum atomic E-state index is -0.519. The Labute approximate surface area is 131 Å². The van der Waals surface area contributed by atoms with Crippen molar-refractivity contribution in [2.45, 2.75) is 6.92 Å². The third-order valence-electron chi connectivity index (χ3n) is 2.72. The summed E-state index contributed by atoms with van der Waals surface area (Å²) in [7, 11) is 0. The Morgan fingerprint density at radius 1 is 1.33 bits per heavy atom. The molecular formula is C16H14BrNO3. The van der Waals surface area contributed by atoms with E-state index < -0.39 is 5.97 Å². The second-order valence-electron chi connectivity index (χ2n) is 4.20. The fraction of sp³-hybridized carbons (Fsp3) is 0.125. The van der Waals surface area contributed by atoms with Crippen molar-refractivity contribution >= 4 is 33.5 Å². The number of nitrogens with zero attached hydrogens (tertiary/aromatic N) is 1. The Hall–Kier alpha value is -2.14. The van der Waals surface area contributed by atoms with Crippen LogP contribution in [-0.4, -0.2) is 22.7 Å². The fourth-order valence-electron chi connectivity index (χ4n) is 1.76. The standard InChI is InChI=1S/C16H14BrNO3/c1-2-21-16(20)13(15-14(19)4-3-9-18-15)10-11-5-7-12(17)8-6-11/h3-10,19H,2H2,1H3. The Kier molecular flexibility index (Phi) is 5.11. The summed E-state index contributed by atoms with van der Waals surface area (Å²) >= 11 is 3.36. The first-order valence-electron chi connectivity index (χ1n) is 6.40. The van der Waals surface area contributed by atoms with Crippen molar-refractivity contribution in [1.82, 2.24) is 4.98 Å². The second-order valence-corrected chi connectivity index (χ2v) is 5.12. The Morgan fingerprint density at radius 3 is 2.67 bits per heavy atom. The lowest BCUT2D eigenvalue weighted by Crippen LogP contribution is -2.08. The highest BCUT2D eigenvalue weighted by Crippen LogP contribution is 2.26. The number of carbonyl (C=O) groups excluding carboxylic acids is 1. The third kappa shape index (κ3) is 3.92. The zero-order chi connectivity index (χ0) is 15.2. The second kappa shape index (κ2) is 7.04. The first kappa shape index (κ1) is 15.3. The maximum absolute atomic E-state index is 12.1. The van der Waals surface area contributed by atoms with Crippen LogP contribution in [-0.2, 0) is 9.53 Å². The van der Waals surface area contributed by atoms with Gasteiger partial charge in [0, 0.05) is 10.7 Å². The molecule has 0 unspecified atom stereocenters. The van der Waals surface area contributed by atoms with Gasteiger partial charge in [0.05, 0.1) is 12.2 Å². The van der Waals surface area contributed by atoms with Crippen LogP contribution in [0.3, 0.4) is 0 Å². The molecule has 2 rings (SSSR count). The molecule has 0 bridgehead atoms. The Morgan fingerprint density at radius 2 is 2.05 bits per heavy atom. The number of aromatic hydroxyl groups is 1. The summed E-state index contributed by atoms with van der Waals surface area (Å²) in [4.78, 5) is 16.2. The molecule has 0 amide bonds. The molecule has 0 saturated heterocycles. The van der Waals surface area contributed by atoms with Crippen molar-refractivity contribution in [3.05, 3.63) is 58.3 Å². The van der Waals surface area contributed by atoms with Gasteiger partial charge in [-0.3, -0.25) is 4.98 Å². The number of halogens is 1. The zero-order valence-electron chi connectivity index (χ0n) is 11.4. The van der Waals surface area contributed by atoms with E-state index in [4.69, 9.17) is 4.74 Å². The lowest BCUT2D eigenvalue weighted by molar-refractivity contribution is -0.136. The van der Waals surface area contributed by atoms with Crippen molar-refractivity contribution in [2.24, 2.45) is 0 Å². The Balaban J connectivity index is 2.48. The van der Waals surface area contributed by atoms with Crippen LogP contribution in [0, 0.1) is 0 Å². The van der Waals surface area contributed by atoms with E-state index in [0.717, 1.165) is 10.0 Å². The summed E-state index contributed by atoms with van der Waals surface area (Å²) in [5.41, 5.74) is 1.24. The molecule has 0 atom stereocenters. The first-order chi connectivity index (χ1) is 10.1. The van der Waals surface area contributed by atoms with Crippen molar-refractivity contribution < 1.29 is 14.6 Å². The van der Waals surface area contributed by atoms with Gasteiger partial charge in [-0.25, -0.2) is 4.79 Å². The largest absolute Gasteiger partial charge is 0.506 e. The molecule has 5 heteroatoms. The quantitative estimate of drug-likeness (QED) is 0.677. The smallest absolute Gasteiger partial charge is 0.340 e. The molecule has 108 valence electrons. The maximum Gasteiger partial charge on any atom is 0.340 e. The van der Waals surface area contributed by atoms with Crippen LogP contribution in [0.5, 0.6) is 5.75 Å². The number of aromatic nitrogens is 1. The van der Waals surface area contributed by atoms with E-state index in [1.54, 1.807) is 19.1 Å². The SMILES string of the molecule is CCOC(=O)C(=Cc1ccc(Br)cc1)c1ncccc1O. The highest BCUT2D eigenvalue weighted by Gasteiger charge is 2.18. The molecule has 0 aliphatic heterocycles. The molecule has 1 aromatic carbocycles. The van der Waals surface area contributed by atoms with E-state index >= 15 is 0 Å². The van der Waals surface area contributed by atoms with Crippen LogP contribution in [0.25, 0.3) is 11.6 Å². The molecule has 0 radical (unpaired) electrons. The van der Waals surface area contributed by atoms with Crippen LogP contribution >= 0.6 is 15.9 Å². The molecule has 0 saturated carbocycles.